The van der Waals surface area contributed by atoms with Crippen molar-refractivity contribution in [1.82, 2.24) is 0 Å². The third-order valence-electron chi connectivity index (χ3n) is 2.77. The molecule has 0 radical (unpaired) electrons. The van der Waals surface area contributed by atoms with Crippen LogP contribution in [0.2, 0.25) is 0 Å². The summed E-state index contributed by atoms with van der Waals surface area (Å²) in [6.07, 6.45) is 0. The molecule has 0 spiro atoms. The van der Waals surface area contributed by atoms with E-state index >= 15 is 0 Å². The topological polar surface area (TPSA) is 12.0 Å². The second-order valence-corrected chi connectivity index (χ2v) is 5.58. The molecule has 0 aromatic heterocycles. The molecule has 2 aromatic carbocycles. The van der Waals surface area contributed by atoms with E-state index < -0.39 is 0 Å². The van der Waals surface area contributed by atoms with Crippen molar-refractivity contribution in [2.75, 3.05) is 17.6 Å². The Morgan fingerprint density at radius 1 is 1.11 bits per heavy atom. The molecule has 0 aliphatic carbocycles. The van der Waals surface area contributed by atoms with E-state index in [2.05, 4.69) is 36.5 Å². The summed E-state index contributed by atoms with van der Waals surface area (Å²) in [7, 11) is 0. The number of rotatable bonds is 6. The molecule has 3 heteroatoms. The number of anilines is 1. The molecule has 0 fully saturated rings. The average molecular weight is 275 g/mol. The molecule has 0 saturated heterocycles. The zero-order valence-corrected chi connectivity index (χ0v) is 11.8. The van der Waals surface area contributed by atoms with Gasteiger partial charge in [-0.05, 0) is 36.8 Å². The third-order valence-corrected chi connectivity index (χ3v) is 3.80. The summed E-state index contributed by atoms with van der Waals surface area (Å²) in [6.45, 7) is 3.01. The molecule has 2 rings (SSSR count). The van der Waals surface area contributed by atoms with E-state index in [0.29, 0.717) is 0 Å². The van der Waals surface area contributed by atoms with Crippen molar-refractivity contribution in [2.45, 2.75) is 12.7 Å². The van der Waals surface area contributed by atoms with Gasteiger partial charge in [-0.1, -0.05) is 29.8 Å². The first-order valence-corrected chi connectivity index (χ1v) is 7.52. The SMILES string of the molecule is Cc1cccc(CSCCNc2ccc(F)cc2)c1. The van der Waals surface area contributed by atoms with Crippen LogP contribution >= 0.6 is 11.8 Å². The number of halogens is 1. The second kappa shape index (κ2) is 7.19. The minimum Gasteiger partial charge on any atom is -0.384 e. The highest BCUT2D eigenvalue weighted by atomic mass is 32.2. The van der Waals surface area contributed by atoms with Crippen LogP contribution in [-0.4, -0.2) is 12.3 Å². The minimum atomic E-state index is -0.195. The summed E-state index contributed by atoms with van der Waals surface area (Å²) < 4.78 is 12.7. The number of benzene rings is 2. The van der Waals surface area contributed by atoms with Gasteiger partial charge in [-0.25, -0.2) is 4.39 Å². The normalized spacial score (nSPS) is 10.4. The van der Waals surface area contributed by atoms with Gasteiger partial charge in [0.25, 0.3) is 0 Å². The Morgan fingerprint density at radius 2 is 1.89 bits per heavy atom. The number of thioether (sulfide) groups is 1. The van der Waals surface area contributed by atoms with Crippen LogP contribution in [0.15, 0.2) is 48.5 Å². The monoisotopic (exact) mass is 275 g/mol. The lowest BCUT2D eigenvalue weighted by molar-refractivity contribution is 0.628. The van der Waals surface area contributed by atoms with Gasteiger partial charge in [-0.3, -0.25) is 0 Å². The fourth-order valence-corrected chi connectivity index (χ4v) is 2.63. The standard InChI is InChI=1S/C16H18FNS/c1-13-3-2-4-14(11-13)12-19-10-9-18-16-7-5-15(17)6-8-16/h2-8,11,18H,9-10,12H2,1H3. The molecule has 2 aromatic rings. The van der Waals surface area contributed by atoms with Crippen molar-refractivity contribution in [1.29, 1.82) is 0 Å². The Kier molecular flexibility index (Phi) is 5.28. The van der Waals surface area contributed by atoms with Gasteiger partial charge in [0.1, 0.15) is 5.82 Å². The molecule has 0 saturated carbocycles. The first kappa shape index (κ1) is 13.9. The van der Waals surface area contributed by atoms with E-state index in [-0.39, 0.29) is 5.82 Å². The molecule has 100 valence electrons. The van der Waals surface area contributed by atoms with Crippen LogP contribution in [0.1, 0.15) is 11.1 Å². The lowest BCUT2D eigenvalue weighted by Gasteiger charge is -2.06. The smallest absolute Gasteiger partial charge is 0.123 e. The Bertz CT molecular complexity index is 510. The van der Waals surface area contributed by atoms with Crippen molar-refractivity contribution < 1.29 is 4.39 Å². The van der Waals surface area contributed by atoms with E-state index in [4.69, 9.17) is 0 Å². The molecule has 0 amide bonds. The highest BCUT2D eigenvalue weighted by Gasteiger charge is 1.95. The molecule has 0 heterocycles. The molecule has 1 nitrogen and oxygen atoms in total. The zero-order chi connectivity index (χ0) is 13.5. The van der Waals surface area contributed by atoms with Gasteiger partial charge in [0.15, 0.2) is 0 Å². The lowest BCUT2D eigenvalue weighted by atomic mass is 10.2. The molecule has 0 bridgehead atoms. The first-order valence-electron chi connectivity index (χ1n) is 6.37. The maximum atomic E-state index is 12.7. The van der Waals surface area contributed by atoms with E-state index in [1.54, 1.807) is 12.1 Å². The number of aryl methyl sites for hydroxylation is 1. The largest absolute Gasteiger partial charge is 0.384 e. The highest BCUT2D eigenvalue weighted by molar-refractivity contribution is 7.98. The van der Waals surface area contributed by atoms with Crippen molar-refractivity contribution in [3.05, 3.63) is 65.5 Å². The van der Waals surface area contributed by atoms with Gasteiger partial charge in [-0.2, -0.15) is 11.8 Å². The second-order valence-electron chi connectivity index (χ2n) is 4.48. The summed E-state index contributed by atoms with van der Waals surface area (Å²) in [4.78, 5) is 0. The molecular weight excluding hydrogens is 257 g/mol. The Labute approximate surface area is 118 Å². The van der Waals surface area contributed by atoms with Crippen molar-refractivity contribution in [2.24, 2.45) is 0 Å². The minimum absolute atomic E-state index is 0.195. The van der Waals surface area contributed by atoms with Crippen molar-refractivity contribution in [3.63, 3.8) is 0 Å². The van der Waals surface area contributed by atoms with E-state index in [1.807, 2.05) is 11.8 Å². The zero-order valence-electron chi connectivity index (χ0n) is 11.0. The van der Waals surface area contributed by atoms with Gasteiger partial charge in [-0.15, -0.1) is 0 Å². The molecular formula is C16H18FNS. The third kappa shape index (κ3) is 4.95. The summed E-state index contributed by atoms with van der Waals surface area (Å²) in [5.41, 5.74) is 3.65. The summed E-state index contributed by atoms with van der Waals surface area (Å²) in [5.74, 6) is 1.87. The first-order chi connectivity index (χ1) is 9.24. The van der Waals surface area contributed by atoms with E-state index in [1.165, 1.54) is 23.3 Å². The van der Waals surface area contributed by atoms with Crippen molar-refractivity contribution in [3.8, 4) is 0 Å². The number of nitrogens with one attached hydrogen (secondary N) is 1. The van der Waals surface area contributed by atoms with E-state index in [0.717, 1.165) is 23.7 Å². The number of hydrogen-bond donors (Lipinski definition) is 1. The average Bonchev–Trinajstić information content (AvgIpc) is 2.41. The fourth-order valence-electron chi connectivity index (χ4n) is 1.83. The lowest BCUT2D eigenvalue weighted by Crippen LogP contribution is -2.04. The van der Waals surface area contributed by atoms with Gasteiger partial charge in [0.2, 0.25) is 0 Å². The van der Waals surface area contributed by atoms with Gasteiger partial charge >= 0.3 is 0 Å². The van der Waals surface area contributed by atoms with Crippen LogP contribution in [0.4, 0.5) is 10.1 Å². The molecule has 19 heavy (non-hydrogen) atoms. The van der Waals surface area contributed by atoms with Crippen molar-refractivity contribution >= 4 is 17.4 Å². The van der Waals surface area contributed by atoms with E-state index in [9.17, 15) is 4.39 Å². The van der Waals surface area contributed by atoms with Crippen LogP contribution in [0.25, 0.3) is 0 Å². The van der Waals surface area contributed by atoms with Gasteiger partial charge in [0, 0.05) is 23.7 Å². The van der Waals surface area contributed by atoms with Crippen LogP contribution in [-0.2, 0) is 5.75 Å². The predicted octanol–water partition coefficient (Wildman–Crippen LogP) is 4.48. The van der Waals surface area contributed by atoms with Gasteiger partial charge in [0.05, 0.1) is 0 Å². The maximum Gasteiger partial charge on any atom is 0.123 e. The Morgan fingerprint density at radius 3 is 2.63 bits per heavy atom. The maximum absolute atomic E-state index is 12.7. The Hall–Kier alpha value is -1.48. The van der Waals surface area contributed by atoms with Crippen LogP contribution in [0.3, 0.4) is 0 Å². The fraction of sp³-hybridized carbons (Fsp3) is 0.250. The summed E-state index contributed by atoms with van der Waals surface area (Å²) in [6, 6.07) is 15.1. The molecule has 0 atom stereocenters. The van der Waals surface area contributed by atoms with Crippen LogP contribution in [0, 0.1) is 12.7 Å². The molecule has 1 N–H and O–H groups in total. The summed E-state index contributed by atoms with van der Waals surface area (Å²) >= 11 is 1.90. The quantitative estimate of drug-likeness (QED) is 0.780. The predicted molar refractivity (Wildman–Crippen MR) is 82.2 cm³/mol. The number of hydrogen-bond acceptors (Lipinski definition) is 2. The highest BCUT2D eigenvalue weighted by Crippen LogP contribution is 2.14. The molecule has 0 aliphatic rings. The van der Waals surface area contributed by atoms with Crippen LogP contribution in [0.5, 0.6) is 0 Å². The van der Waals surface area contributed by atoms with Crippen LogP contribution < -0.4 is 5.32 Å². The molecule has 0 unspecified atom stereocenters. The Balaban J connectivity index is 1.66. The van der Waals surface area contributed by atoms with Gasteiger partial charge < -0.3 is 5.32 Å². The molecule has 0 aliphatic heterocycles. The summed E-state index contributed by atoms with van der Waals surface area (Å²) in [5, 5.41) is 3.28.